The Kier molecular flexibility index (Phi) is 9.32. The van der Waals surface area contributed by atoms with Crippen molar-refractivity contribution in [2.45, 2.75) is 13.3 Å². The molecule has 0 aliphatic rings. The summed E-state index contributed by atoms with van der Waals surface area (Å²) in [6, 6.07) is 24.8. The Balaban J connectivity index is 0.000000289. The SMILES string of the molecule is CCc1ccc(N(C)C)cc1.CN=Nc1c(O)ccc2cc(C(=O)NC(=O)Nc3ccccc3)ccc12. The van der Waals surface area contributed by atoms with E-state index in [4.69, 9.17) is 0 Å². The van der Waals surface area contributed by atoms with Crippen molar-refractivity contribution < 1.29 is 14.7 Å². The van der Waals surface area contributed by atoms with Crippen LogP contribution < -0.4 is 15.5 Å². The Hall–Kier alpha value is -4.72. The quantitative estimate of drug-likeness (QED) is 0.272. The summed E-state index contributed by atoms with van der Waals surface area (Å²) in [5, 5.41) is 23.7. The molecule has 190 valence electrons. The van der Waals surface area contributed by atoms with Crippen LogP contribution in [0.2, 0.25) is 0 Å². The van der Waals surface area contributed by atoms with Crippen LogP contribution in [0.25, 0.3) is 10.8 Å². The average molecular weight is 498 g/mol. The highest BCUT2D eigenvalue weighted by Crippen LogP contribution is 2.35. The lowest BCUT2D eigenvalue weighted by Crippen LogP contribution is -2.34. The van der Waals surface area contributed by atoms with E-state index in [1.165, 1.54) is 24.4 Å². The molecular formula is C29H31N5O3. The van der Waals surface area contributed by atoms with Crippen LogP contribution in [0.5, 0.6) is 5.75 Å². The van der Waals surface area contributed by atoms with Crippen molar-refractivity contribution in [3.8, 4) is 5.75 Å². The number of aromatic hydroxyl groups is 1. The van der Waals surface area contributed by atoms with Gasteiger partial charge in [0.1, 0.15) is 11.4 Å². The average Bonchev–Trinajstić information content (AvgIpc) is 2.91. The van der Waals surface area contributed by atoms with Crippen molar-refractivity contribution in [2.75, 3.05) is 31.4 Å². The molecule has 3 N–H and O–H groups in total. The first kappa shape index (κ1) is 26.9. The second-order valence-corrected chi connectivity index (χ2v) is 8.36. The normalized spacial score (nSPS) is 10.5. The molecule has 4 rings (SSSR count). The zero-order valence-electron chi connectivity index (χ0n) is 21.4. The molecule has 37 heavy (non-hydrogen) atoms. The molecule has 8 heteroatoms. The number of hydrogen-bond donors (Lipinski definition) is 3. The molecule has 0 heterocycles. The van der Waals surface area contributed by atoms with E-state index >= 15 is 0 Å². The number of anilines is 2. The molecule has 0 unspecified atom stereocenters. The van der Waals surface area contributed by atoms with E-state index in [9.17, 15) is 14.7 Å². The number of phenols is 1. The Bertz CT molecular complexity index is 1380. The van der Waals surface area contributed by atoms with Crippen LogP contribution in [0.1, 0.15) is 22.8 Å². The van der Waals surface area contributed by atoms with E-state index in [1.807, 2.05) is 6.07 Å². The summed E-state index contributed by atoms with van der Waals surface area (Å²) in [5.41, 5.74) is 3.89. The fraction of sp³-hybridized carbons (Fsp3) is 0.172. The number of amides is 3. The number of rotatable bonds is 5. The molecule has 8 nitrogen and oxygen atoms in total. The van der Waals surface area contributed by atoms with Crippen molar-refractivity contribution in [2.24, 2.45) is 10.2 Å². The fourth-order valence-electron chi connectivity index (χ4n) is 3.54. The number of azo groups is 1. The van der Waals surface area contributed by atoms with Crippen molar-refractivity contribution in [3.05, 3.63) is 96.1 Å². The van der Waals surface area contributed by atoms with Crippen molar-refractivity contribution >= 4 is 39.8 Å². The van der Waals surface area contributed by atoms with E-state index in [-0.39, 0.29) is 5.75 Å². The van der Waals surface area contributed by atoms with Gasteiger partial charge in [0, 0.05) is 43.5 Å². The monoisotopic (exact) mass is 497 g/mol. The maximum atomic E-state index is 12.3. The molecule has 4 aromatic carbocycles. The van der Waals surface area contributed by atoms with Gasteiger partial charge >= 0.3 is 6.03 Å². The Labute approximate surface area is 216 Å². The number of fused-ring (bicyclic) bond motifs is 1. The molecule has 0 aromatic heterocycles. The number of carbonyl (C=O) groups excluding carboxylic acids is 2. The van der Waals surface area contributed by atoms with Gasteiger partial charge in [-0.1, -0.05) is 49.4 Å². The van der Waals surface area contributed by atoms with Gasteiger partial charge in [-0.3, -0.25) is 10.1 Å². The van der Waals surface area contributed by atoms with E-state index in [0.29, 0.717) is 27.7 Å². The smallest absolute Gasteiger partial charge is 0.326 e. The van der Waals surface area contributed by atoms with Crippen LogP contribution in [0.3, 0.4) is 0 Å². The van der Waals surface area contributed by atoms with Crippen LogP contribution in [-0.4, -0.2) is 38.2 Å². The summed E-state index contributed by atoms with van der Waals surface area (Å²) in [6.45, 7) is 2.17. The van der Waals surface area contributed by atoms with Crippen molar-refractivity contribution in [3.63, 3.8) is 0 Å². The molecular weight excluding hydrogens is 466 g/mol. The molecule has 0 bridgehead atoms. The van der Waals surface area contributed by atoms with Gasteiger partial charge in [-0.05, 0) is 59.8 Å². The molecule has 0 atom stereocenters. The van der Waals surface area contributed by atoms with Gasteiger partial charge in [-0.15, -0.1) is 0 Å². The zero-order chi connectivity index (χ0) is 26.8. The first-order valence-electron chi connectivity index (χ1n) is 11.8. The lowest BCUT2D eigenvalue weighted by molar-refractivity contribution is 0.0967. The lowest BCUT2D eigenvalue weighted by atomic mass is 10.0. The van der Waals surface area contributed by atoms with Crippen LogP contribution in [0, 0.1) is 0 Å². The predicted molar refractivity (Wildman–Crippen MR) is 149 cm³/mol. The number of carbonyl (C=O) groups is 2. The van der Waals surface area contributed by atoms with Gasteiger partial charge in [0.15, 0.2) is 0 Å². The van der Waals surface area contributed by atoms with Gasteiger partial charge < -0.3 is 15.3 Å². The van der Waals surface area contributed by atoms with Crippen molar-refractivity contribution in [1.82, 2.24) is 5.32 Å². The maximum Gasteiger partial charge on any atom is 0.326 e. The third-order valence-electron chi connectivity index (χ3n) is 5.55. The molecule has 0 saturated heterocycles. The number of phenolic OH excluding ortho intramolecular Hbond substituents is 1. The van der Waals surface area contributed by atoms with Crippen LogP contribution >= 0.6 is 0 Å². The topological polar surface area (TPSA) is 106 Å². The molecule has 0 aliphatic carbocycles. The van der Waals surface area contributed by atoms with Crippen molar-refractivity contribution in [1.29, 1.82) is 0 Å². The largest absolute Gasteiger partial charge is 0.506 e. The number of aryl methyl sites for hydroxylation is 1. The molecule has 0 fully saturated rings. The van der Waals surface area contributed by atoms with Gasteiger partial charge in [-0.25, -0.2) is 4.79 Å². The number of urea groups is 1. The summed E-state index contributed by atoms with van der Waals surface area (Å²) in [5.74, 6) is -0.533. The van der Waals surface area contributed by atoms with Crippen LogP contribution in [0.15, 0.2) is 95.2 Å². The third kappa shape index (κ3) is 7.38. The Morgan fingerprint density at radius 1 is 0.919 bits per heavy atom. The Morgan fingerprint density at radius 2 is 1.62 bits per heavy atom. The fourth-order valence-corrected chi connectivity index (χ4v) is 3.54. The zero-order valence-corrected chi connectivity index (χ0v) is 21.4. The Morgan fingerprint density at radius 3 is 2.24 bits per heavy atom. The van der Waals surface area contributed by atoms with E-state index in [0.717, 1.165) is 6.42 Å². The van der Waals surface area contributed by atoms with E-state index < -0.39 is 11.9 Å². The minimum absolute atomic E-state index is 0.00235. The summed E-state index contributed by atoms with van der Waals surface area (Å²) in [4.78, 5) is 26.4. The summed E-state index contributed by atoms with van der Waals surface area (Å²) >= 11 is 0. The minimum atomic E-state index is -0.618. The molecule has 4 aromatic rings. The first-order chi connectivity index (χ1) is 17.8. The number of benzene rings is 4. The van der Waals surface area contributed by atoms with Gasteiger partial charge in [0.25, 0.3) is 5.91 Å². The number of hydrogen-bond acceptors (Lipinski definition) is 6. The molecule has 0 saturated carbocycles. The molecule has 0 spiro atoms. The second kappa shape index (κ2) is 12.8. The van der Waals surface area contributed by atoms with Gasteiger partial charge in [-0.2, -0.15) is 10.2 Å². The number of para-hydroxylation sites is 1. The number of imide groups is 1. The number of nitrogens with one attached hydrogen (secondary N) is 2. The highest BCUT2D eigenvalue weighted by Gasteiger charge is 2.13. The standard InChI is InChI=1S/C19H16N4O3.C10H15N/c1-20-23-17-15-9-7-13(11-12(15)8-10-16(17)24)18(25)22-19(26)21-14-5-3-2-4-6-14;1-4-9-5-7-10(8-6-9)11(2)3/h2-11,24H,1H3,(H2,21,22,25,26);5-8H,4H2,1-3H3. The third-order valence-corrected chi connectivity index (χ3v) is 5.55. The first-order valence-corrected chi connectivity index (χ1v) is 11.8. The number of nitrogens with zero attached hydrogens (tertiary/aromatic N) is 3. The highest BCUT2D eigenvalue weighted by atomic mass is 16.3. The summed E-state index contributed by atoms with van der Waals surface area (Å²) in [6.07, 6.45) is 1.12. The van der Waals surface area contributed by atoms with E-state index in [2.05, 4.69) is 71.0 Å². The molecule has 0 radical (unpaired) electrons. The summed E-state index contributed by atoms with van der Waals surface area (Å²) < 4.78 is 0. The highest BCUT2D eigenvalue weighted by molar-refractivity contribution is 6.10. The second-order valence-electron chi connectivity index (χ2n) is 8.36. The van der Waals surface area contributed by atoms with Crippen LogP contribution in [-0.2, 0) is 6.42 Å². The van der Waals surface area contributed by atoms with Gasteiger partial charge in [0.2, 0.25) is 0 Å². The predicted octanol–water partition coefficient (Wildman–Crippen LogP) is 6.54. The summed E-state index contributed by atoms with van der Waals surface area (Å²) in [7, 11) is 5.62. The van der Waals surface area contributed by atoms with E-state index in [1.54, 1.807) is 48.5 Å². The minimum Gasteiger partial charge on any atom is -0.506 e. The molecule has 3 amide bonds. The lowest BCUT2D eigenvalue weighted by Gasteiger charge is -2.11. The molecule has 0 aliphatic heterocycles. The maximum absolute atomic E-state index is 12.3. The van der Waals surface area contributed by atoms with Crippen LogP contribution in [0.4, 0.5) is 21.9 Å². The van der Waals surface area contributed by atoms with Gasteiger partial charge in [0.05, 0.1) is 0 Å².